The predicted octanol–water partition coefficient (Wildman–Crippen LogP) is 2.21. The Morgan fingerprint density at radius 3 is 2.65 bits per heavy atom. The molecule has 0 bridgehead atoms. The zero-order chi connectivity index (χ0) is 13.2. The zero-order valence-electron chi connectivity index (χ0n) is 8.06. The van der Waals surface area contributed by atoms with Gasteiger partial charge in [0.15, 0.2) is 0 Å². The minimum Gasteiger partial charge on any atom is -0.481 e. The summed E-state index contributed by atoms with van der Waals surface area (Å²) in [6.07, 6.45) is -3.79. The molecule has 0 amide bonds. The monoisotopic (exact) mass is 266 g/mol. The highest BCUT2D eigenvalue weighted by Crippen LogP contribution is 2.30. The number of aliphatic carboxylic acids is 1. The molecule has 1 rings (SSSR count). The van der Waals surface area contributed by atoms with E-state index in [2.05, 4.69) is 4.98 Å². The average Bonchev–Trinajstić information content (AvgIpc) is 2.15. The molecule has 0 aromatic carbocycles. The first-order valence-electron chi connectivity index (χ1n) is 4.16. The van der Waals surface area contributed by atoms with E-state index in [1.165, 1.54) is 0 Å². The molecule has 0 radical (unpaired) electrons. The average molecular weight is 267 g/mol. The fourth-order valence-corrected chi connectivity index (χ4v) is 1.35. The smallest absolute Gasteiger partial charge is 0.309 e. The SMILES string of the molecule is O=C(O)Cc1nc(Cl)c(C(F)F)cc1[N+](=O)[O-]. The van der Waals surface area contributed by atoms with E-state index in [1.807, 2.05) is 0 Å². The topological polar surface area (TPSA) is 93.3 Å². The standard InChI is InChI=1S/C8H5ClF2N2O4/c9-7-3(8(10)11)1-5(13(16)17)4(12-7)2-6(14)15/h1,8H,2H2,(H,14,15). The van der Waals surface area contributed by atoms with Gasteiger partial charge in [-0.1, -0.05) is 11.6 Å². The van der Waals surface area contributed by atoms with E-state index in [-0.39, 0.29) is 0 Å². The van der Waals surface area contributed by atoms with Gasteiger partial charge in [-0.05, 0) is 0 Å². The van der Waals surface area contributed by atoms with Crippen molar-refractivity contribution in [2.45, 2.75) is 12.8 Å². The van der Waals surface area contributed by atoms with Crippen molar-refractivity contribution in [2.75, 3.05) is 0 Å². The summed E-state index contributed by atoms with van der Waals surface area (Å²) < 4.78 is 24.8. The van der Waals surface area contributed by atoms with Crippen LogP contribution >= 0.6 is 11.6 Å². The molecule has 9 heteroatoms. The maximum Gasteiger partial charge on any atom is 0.309 e. The van der Waals surface area contributed by atoms with E-state index in [9.17, 15) is 23.7 Å². The minimum atomic E-state index is -3.02. The van der Waals surface area contributed by atoms with Crippen molar-refractivity contribution in [3.05, 3.63) is 32.6 Å². The second-order valence-electron chi connectivity index (χ2n) is 2.96. The molecule has 6 nitrogen and oxygen atoms in total. The van der Waals surface area contributed by atoms with Crippen LogP contribution in [0.4, 0.5) is 14.5 Å². The van der Waals surface area contributed by atoms with Crippen molar-refractivity contribution in [1.82, 2.24) is 4.98 Å². The van der Waals surface area contributed by atoms with Crippen LogP contribution in [0.1, 0.15) is 17.7 Å². The fraction of sp³-hybridized carbons (Fsp3) is 0.250. The lowest BCUT2D eigenvalue weighted by molar-refractivity contribution is -0.386. The Hall–Kier alpha value is -1.83. The third-order valence-electron chi connectivity index (χ3n) is 1.81. The molecule has 0 atom stereocenters. The highest BCUT2D eigenvalue weighted by atomic mass is 35.5. The molecule has 0 aliphatic carbocycles. The molecular formula is C8H5ClF2N2O4. The molecule has 0 spiro atoms. The second-order valence-corrected chi connectivity index (χ2v) is 3.32. The summed E-state index contributed by atoms with van der Waals surface area (Å²) in [7, 11) is 0. The molecule has 92 valence electrons. The van der Waals surface area contributed by atoms with E-state index in [0.717, 1.165) is 0 Å². The first kappa shape index (κ1) is 13.2. The second kappa shape index (κ2) is 5.00. The van der Waals surface area contributed by atoms with Gasteiger partial charge in [0.25, 0.3) is 12.1 Å². The molecule has 1 aromatic heterocycles. The van der Waals surface area contributed by atoms with Gasteiger partial charge in [-0.2, -0.15) is 0 Å². The number of alkyl halides is 2. The summed E-state index contributed by atoms with van der Waals surface area (Å²) in [6, 6.07) is 0.540. The van der Waals surface area contributed by atoms with E-state index in [1.54, 1.807) is 0 Å². The van der Waals surface area contributed by atoms with Crippen LogP contribution in [0.25, 0.3) is 0 Å². The van der Waals surface area contributed by atoms with Crippen LogP contribution in [-0.4, -0.2) is 21.0 Å². The zero-order valence-corrected chi connectivity index (χ0v) is 8.82. The Balaban J connectivity index is 3.35. The number of nitrogens with zero attached hydrogens (tertiary/aromatic N) is 2. The van der Waals surface area contributed by atoms with E-state index in [4.69, 9.17) is 16.7 Å². The summed E-state index contributed by atoms with van der Waals surface area (Å²) in [4.78, 5) is 23.3. The van der Waals surface area contributed by atoms with Crippen LogP contribution < -0.4 is 0 Å². The quantitative estimate of drug-likeness (QED) is 0.512. The molecule has 0 aliphatic heterocycles. The molecule has 0 aliphatic rings. The Kier molecular flexibility index (Phi) is 3.89. The number of nitro groups is 1. The van der Waals surface area contributed by atoms with Crippen molar-refractivity contribution in [3.63, 3.8) is 0 Å². The number of hydrogen-bond acceptors (Lipinski definition) is 4. The normalized spacial score (nSPS) is 10.6. The summed E-state index contributed by atoms with van der Waals surface area (Å²) >= 11 is 5.38. The number of hydrogen-bond donors (Lipinski definition) is 1. The summed E-state index contributed by atoms with van der Waals surface area (Å²) in [5, 5.41) is 18.4. The van der Waals surface area contributed by atoms with Crippen LogP contribution in [-0.2, 0) is 11.2 Å². The Labute approximate surface area is 98.0 Å². The first-order valence-corrected chi connectivity index (χ1v) is 4.54. The highest BCUT2D eigenvalue weighted by molar-refractivity contribution is 6.30. The van der Waals surface area contributed by atoms with Crippen molar-refractivity contribution in [1.29, 1.82) is 0 Å². The number of carboxylic acids is 1. The van der Waals surface area contributed by atoms with Gasteiger partial charge in [0.1, 0.15) is 10.8 Å². The van der Waals surface area contributed by atoms with E-state index in [0.29, 0.717) is 6.07 Å². The summed E-state index contributed by atoms with van der Waals surface area (Å²) in [5.41, 5.74) is -2.04. The molecule has 0 saturated carbocycles. The number of aromatic nitrogens is 1. The van der Waals surface area contributed by atoms with Crippen LogP contribution in [0.3, 0.4) is 0 Å². The lowest BCUT2D eigenvalue weighted by atomic mass is 10.2. The number of carboxylic acid groups (broad SMARTS) is 1. The van der Waals surface area contributed by atoms with Crippen molar-refractivity contribution in [3.8, 4) is 0 Å². The van der Waals surface area contributed by atoms with Crippen LogP contribution in [0.2, 0.25) is 5.15 Å². The first-order chi connectivity index (χ1) is 7.82. The van der Waals surface area contributed by atoms with E-state index < -0.39 is 45.8 Å². The third-order valence-corrected chi connectivity index (χ3v) is 2.11. The molecular weight excluding hydrogens is 262 g/mol. The van der Waals surface area contributed by atoms with Crippen LogP contribution in [0.5, 0.6) is 0 Å². The Morgan fingerprint density at radius 2 is 2.24 bits per heavy atom. The minimum absolute atomic E-state index is 0.461. The Bertz CT molecular complexity index is 481. The number of halogens is 3. The van der Waals surface area contributed by atoms with Gasteiger partial charge in [-0.15, -0.1) is 0 Å². The molecule has 0 unspecified atom stereocenters. The number of carbonyl (C=O) groups is 1. The van der Waals surface area contributed by atoms with Gasteiger partial charge in [0.2, 0.25) is 0 Å². The molecule has 0 saturated heterocycles. The number of rotatable bonds is 4. The van der Waals surface area contributed by atoms with Crippen LogP contribution in [0.15, 0.2) is 6.07 Å². The van der Waals surface area contributed by atoms with Gasteiger partial charge >= 0.3 is 5.97 Å². The molecule has 17 heavy (non-hydrogen) atoms. The van der Waals surface area contributed by atoms with Crippen molar-refractivity contribution < 1.29 is 23.6 Å². The van der Waals surface area contributed by atoms with Gasteiger partial charge in [0, 0.05) is 6.07 Å². The largest absolute Gasteiger partial charge is 0.481 e. The van der Waals surface area contributed by atoms with Crippen LogP contribution in [0, 0.1) is 10.1 Å². The van der Waals surface area contributed by atoms with Crippen molar-refractivity contribution >= 4 is 23.3 Å². The third kappa shape index (κ3) is 3.06. The molecule has 1 N–H and O–H groups in total. The maximum atomic E-state index is 12.4. The lowest BCUT2D eigenvalue weighted by Gasteiger charge is -2.05. The molecule has 1 aromatic rings. The van der Waals surface area contributed by atoms with Gasteiger partial charge in [0.05, 0.1) is 16.9 Å². The maximum absolute atomic E-state index is 12.4. The summed E-state index contributed by atoms with van der Waals surface area (Å²) in [5.74, 6) is -1.37. The summed E-state index contributed by atoms with van der Waals surface area (Å²) in [6.45, 7) is 0. The molecule has 0 fully saturated rings. The molecule has 1 heterocycles. The fourth-order valence-electron chi connectivity index (χ4n) is 1.11. The highest BCUT2D eigenvalue weighted by Gasteiger charge is 2.24. The predicted molar refractivity (Wildman–Crippen MR) is 52.2 cm³/mol. The van der Waals surface area contributed by atoms with E-state index >= 15 is 0 Å². The van der Waals surface area contributed by atoms with Gasteiger partial charge < -0.3 is 5.11 Å². The lowest BCUT2D eigenvalue weighted by Crippen LogP contribution is -2.07. The van der Waals surface area contributed by atoms with Gasteiger partial charge in [-0.3, -0.25) is 14.9 Å². The number of pyridine rings is 1. The van der Waals surface area contributed by atoms with Gasteiger partial charge in [-0.25, -0.2) is 13.8 Å². The Morgan fingerprint density at radius 1 is 1.65 bits per heavy atom. The van der Waals surface area contributed by atoms with Crippen molar-refractivity contribution in [2.24, 2.45) is 0 Å².